The minimum atomic E-state index is -1.12. The summed E-state index contributed by atoms with van der Waals surface area (Å²) in [5, 5.41) is 30.4. The van der Waals surface area contributed by atoms with E-state index in [9.17, 15) is 15.3 Å². The Morgan fingerprint density at radius 3 is 2.19 bits per heavy atom. The van der Waals surface area contributed by atoms with Crippen LogP contribution in [0.15, 0.2) is 18.2 Å². The molecule has 0 spiro atoms. The lowest BCUT2D eigenvalue weighted by Gasteiger charge is -2.30. The largest absolute Gasteiger partial charge is 0.399 e. The standard InChI is InChI=1S/C10H15IN2O3/c11-8-3-7(12)1-2-9(8)13-10(4-14,5-15)6-16/h1-3,13-16H,4-6,12H2. The Bertz CT molecular complexity index is 348. The summed E-state index contributed by atoms with van der Waals surface area (Å²) >= 11 is 2.09. The van der Waals surface area contributed by atoms with Gasteiger partial charge in [-0.05, 0) is 40.8 Å². The van der Waals surface area contributed by atoms with Crippen molar-refractivity contribution in [2.45, 2.75) is 5.54 Å². The second-order valence-electron chi connectivity index (χ2n) is 3.62. The number of aliphatic hydroxyl groups is 3. The van der Waals surface area contributed by atoms with Crippen LogP contribution in [0.1, 0.15) is 0 Å². The van der Waals surface area contributed by atoms with E-state index in [1.54, 1.807) is 18.2 Å². The molecule has 0 aromatic heterocycles. The normalized spacial score (nSPS) is 11.5. The molecule has 1 aromatic carbocycles. The van der Waals surface area contributed by atoms with E-state index in [-0.39, 0.29) is 19.8 Å². The van der Waals surface area contributed by atoms with E-state index in [0.29, 0.717) is 11.4 Å². The molecule has 6 N–H and O–H groups in total. The van der Waals surface area contributed by atoms with Crippen LogP contribution < -0.4 is 11.1 Å². The second-order valence-corrected chi connectivity index (χ2v) is 4.78. The molecule has 0 saturated heterocycles. The van der Waals surface area contributed by atoms with E-state index in [0.717, 1.165) is 3.57 Å². The quantitative estimate of drug-likeness (QED) is 0.385. The van der Waals surface area contributed by atoms with E-state index in [1.165, 1.54) is 0 Å². The van der Waals surface area contributed by atoms with Crippen LogP contribution in [0.25, 0.3) is 0 Å². The summed E-state index contributed by atoms with van der Waals surface area (Å²) in [6, 6.07) is 5.22. The maximum absolute atomic E-state index is 9.17. The van der Waals surface area contributed by atoms with Crippen molar-refractivity contribution in [2.24, 2.45) is 0 Å². The summed E-state index contributed by atoms with van der Waals surface area (Å²) in [4.78, 5) is 0. The summed E-state index contributed by atoms with van der Waals surface area (Å²) in [5.41, 5.74) is 5.84. The molecule has 5 nitrogen and oxygen atoms in total. The summed E-state index contributed by atoms with van der Waals surface area (Å²) in [6.07, 6.45) is 0. The highest BCUT2D eigenvalue weighted by Crippen LogP contribution is 2.23. The van der Waals surface area contributed by atoms with Gasteiger partial charge in [-0.25, -0.2) is 0 Å². The van der Waals surface area contributed by atoms with E-state index < -0.39 is 5.54 Å². The van der Waals surface area contributed by atoms with Gasteiger partial charge in [-0.3, -0.25) is 0 Å². The highest BCUT2D eigenvalue weighted by atomic mass is 127. The lowest BCUT2D eigenvalue weighted by atomic mass is 10.0. The smallest absolute Gasteiger partial charge is 0.107 e. The van der Waals surface area contributed by atoms with Gasteiger partial charge in [0.25, 0.3) is 0 Å². The molecule has 0 unspecified atom stereocenters. The van der Waals surface area contributed by atoms with Crippen LogP contribution in [0.4, 0.5) is 11.4 Å². The van der Waals surface area contributed by atoms with Gasteiger partial charge in [0.15, 0.2) is 0 Å². The lowest BCUT2D eigenvalue weighted by molar-refractivity contribution is 0.0833. The third-order valence-corrected chi connectivity index (χ3v) is 3.19. The Hall–Kier alpha value is -0.570. The van der Waals surface area contributed by atoms with Crippen molar-refractivity contribution in [1.82, 2.24) is 0 Å². The van der Waals surface area contributed by atoms with E-state index in [1.807, 2.05) is 0 Å². The number of nitrogens with two attached hydrogens (primary N) is 1. The lowest BCUT2D eigenvalue weighted by Crippen LogP contribution is -2.49. The number of benzene rings is 1. The van der Waals surface area contributed by atoms with Gasteiger partial charge in [0.2, 0.25) is 0 Å². The van der Waals surface area contributed by atoms with Gasteiger partial charge in [-0.2, -0.15) is 0 Å². The minimum Gasteiger partial charge on any atom is -0.399 e. The van der Waals surface area contributed by atoms with Crippen molar-refractivity contribution in [2.75, 3.05) is 30.9 Å². The van der Waals surface area contributed by atoms with Gasteiger partial charge < -0.3 is 26.4 Å². The molecule has 1 rings (SSSR count). The molecule has 0 amide bonds. The first-order valence-electron chi connectivity index (χ1n) is 4.73. The van der Waals surface area contributed by atoms with Gasteiger partial charge in [0, 0.05) is 14.9 Å². The fraction of sp³-hybridized carbons (Fsp3) is 0.400. The predicted octanol–water partition coefficient (Wildman–Crippen LogP) is 0.00100. The number of rotatable bonds is 5. The zero-order valence-corrected chi connectivity index (χ0v) is 10.8. The number of nitrogens with one attached hydrogen (secondary N) is 1. The van der Waals surface area contributed by atoms with Gasteiger partial charge in [0.1, 0.15) is 5.54 Å². The van der Waals surface area contributed by atoms with Gasteiger partial charge in [0.05, 0.1) is 19.8 Å². The number of nitrogen functional groups attached to an aromatic ring is 1. The van der Waals surface area contributed by atoms with Crippen LogP contribution in [-0.2, 0) is 0 Å². The Morgan fingerprint density at radius 2 is 1.75 bits per heavy atom. The third kappa shape index (κ3) is 2.97. The topological polar surface area (TPSA) is 98.7 Å². The van der Waals surface area contributed by atoms with Crippen molar-refractivity contribution < 1.29 is 15.3 Å². The predicted molar refractivity (Wildman–Crippen MR) is 71.2 cm³/mol. The summed E-state index contributed by atoms with van der Waals surface area (Å²) < 4.78 is 0.859. The molecule has 0 fully saturated rings. The number of hydrogen-bond donors (Lipinski definition) is 5. The molecule has 90 valence electrons. The second kappa shape index (κ2) is 5.67. The van der Waals surface area contributed by atoms with E-state index in [4.69, 9.17) is 5.73 Å². The molecule has 0 radical (unpaired) electrons. The molecule has 0 aliphatic heterocycles. The van der Waals surface area contributed by atoms with Crippen molar-refractivity contribution in [3.63, 3.8) is 0 Å². The van der Waals surface area contributed by atoms with Gasteiger partial charge in [-0.1, -0.05) is 0 Å². The SMILES string of the molecule is Nc1ccc(NC(CO)(CO)CO)c(I)c1. The monoisotopic (exact) mass is 338 g/mol. The molecule has 1 aromatic rings. The van der Waals surface area contributed by atoms with Crippen LogP contribution in [0, 0.1) is 3.57 Å². The zero-order valence-electron chi connectivity index (χ0n) is 8.65. The van der Waals surface area contributed by atoms with Crippen molar-refractivity contribution in [1.29, 1.82) is 0 Å². The average Bonchev–Trinajstić information content (AvgIpc) is 2.29. The van der Waals surface area contributed by atoms with Crippen molar-refractivity contribution in [3.05, 3.63) is 21.8 Å². The molecule has 0 aliphatic carbocycles. The van der Waals surface area contributed by atoms with Crippen molar-refractivity contribution >= 4 is 34.0 Å². The van der Waals surface area contributed by atoms with E-state index >= 15 is 0 Å². The Morgan fingerprint density at radius 1 is 1.19 bits per heavy atom. The van der Waals surface area contributed by atoms with Crippen LogP contribution in [0.2, 0.25) is 0 Å². The maximum Gasteiger partial charge on any atom is 0.107 e. The summed E-state index contributed by atoms with van der Waals surface area (Å²) in [6.45, 7) is -1.08. The number of halogens is 1. The first-order chi connectivity index (χ1) is 7.56. The Kier molecular flexibility index (Phi) is 4.78. The Labute approximate surface area is 107 Å². The maximum atomic E-state index is 9.17. The fourth-order valence-electron chi connectivity index (χ4n) is 1.19. The molecule has 0 saturated carbocycles. The van der Waals surface area contributed by atoms with Gasteiger partial charge >= 0.3 is 0 Å². The zero-order chi connectivity index (χ0) is 12.2. The minimum absolute atomic E-state index is 0.361. The summed E-state index contributed by atoms with van der Waals surface area (Å²) in [5.74, 6) is 0. The van der Waals surface area contributed by atoms with Crippen LogP contribution in [-0.4, -0.2) is 40.7 Å². The highest BCUT2D eigenvalue weighted by molar-refractivity contribution is 14.1. The molecular weight excluding hydrogens is 323 g/mol. The molecular formula is C10H15IN2O3. The molecule has 0 aliphatic rings. The highest BCUT2D eigenvalue weighted by Gasteiger charge is 2.28. The Balaban J connectivity index is 2.93. The van der Waals surface area contributed by atoms with Crippen LogP contribution in [0.3, 0.4) is 0 Å². The van der Waals surface area contributed by atoms with Crippen molar-refractivity contribution in [3.8, 4) is 0 Å². The number of anilines is 2. The first kappa shape index (κ1) is 13.5. The average molecular weight is 338 g/mol. The van der Waals surface area contributed by atoms with Crippen LogP contribution >= 0.6 is 22.6 Å². The molecule has 16 heavy (non-hydrogen) atoms. The van der Waals surface area contributed by atoms with Gasteiger partial charge in [-0.15, -0.1) is 0 Å². The molecule has 0 bridgehead atoms. The molecule has 0 atom stereocenters. The fourth-order valence-corrected chi connectivity index (χ4v) is 1.86. The first-order valence-corrected chi connectivity index (χ1v) is 5.80. The molecule has 6 heteroatoms. The summed E-state index contributed by atoms with van der Waals surface area (Å²) in [7, 11) is 0. The third-order valence-electron chi connectivity index (χ3n) is 2.30. The number of aliphatic hydroxyl groups excluding tert-OH is 3. The number of hydrogen-bond acceptors (Lipinski definition) is 5. The van der Waals surface area contributed by atoms with E-state index in [2.05, 4.69) is 27.9 Å². The molecule has 0 heterocycles. The van der Waals surface area contributed by atoms with Crippen LogP contribution in [0.5, 0.6) is 0 Å².